The molecule has 3 aromatic heterocycles. The van der Waals surface area contributed by atoms with Crippen LogP contribution in [0.25, 0.3) is 11.6 Å². The first-order chi connectivity index (χ1) is 9.72. The Morgan fingerprint density at radius 3 is 3.05 bits per heavy atom. The lowest BCUT2D eigenvalue weighted by molar-refractivity contribution is 0.102. The lowest BCUT2D eigenvalue weighted by Crippen LogP contribution is -1.98. The predicted octanol–water partition coefficient (Wildman–Crippen LogP) is 3.07. The van der Waals surface area contributed by atoms with Crippen molar-refractivity contribution in [1.82, 2.24) is 15.4 Å². The first kappa shape index (κ1) is 13.1. The molecule has 3 aromatic rings. The van der Waals surface area contributed by atoms with E-state index in [-0.39, 0.29) is 17.4 Å². The molecule has 0 radical (unpaired) electrons. The molecule has 0 amide bonds. The standard InChI is InChI=1S/C12H9N3O3S2/c1-7-5-8(15-18-7)11-13-14-12(17-11)20-6-9(16)10-3-2-4-19-10/h2-5H,6H2,1H3. The maximum Gasteiger partial charge on any atom is 0.277 e. The summed E-state index contributed by atoms with van der Waals surface area (Å²) < 4.78 is 10.4. The monoisotopic (exact) mass is 307 g/mol. The number of carbonyl (C=O) groups excluding carboxylic acids is 1. The topological polar surface area (TPSA) is 82.0 Å². The van der Waals surface area contributed by atoms with Crippen molar-refractivity contribution in [2.45, 2.75) is 12.1 Å². The molecule has 0 unspecified atom stereocenters. The zero-order valence-corrected chi connectivity index (χ0v) is 12.0. The summed E-state index contributed by atoms with van der Waals surface area (Å²) in [6.07, 6.45) is 0. The van der Waals surface area contributed by atoms with Crippen molar-refractivity contribution < 1.29 is 13.7 Å². The Labute approximate surface area is 122 Å². The summed E-state index contributed by atoms with van der Waals surface area (Å²) in [5, 5.41) is 13.7. The number of nitrogens with zero attached hydrogens (tertiary/aromatic N) is 3. The Hall–Kier alpha value is -1.93. The number of ketones is 1. The van der Waals surface area contributed by atoms with E-state index in [4.69, 9.17) is 8.94 Å². The molecule has 0 aliphatic heterocycles. The molecule has 0 saturated carbocycles. The third-order valence-corrected chi connectivity index (χ3v) is 4.11. The molecular weight excluding hydrogens is 298 g/mol. The van der Waals surface area contributed by atoms with Crippen molar-refractivity contribution in [3.05, 3.63) is 34.2 Å². The molecule has 0 aliphatic rings. The molecule has 102 valence electrons. The predicted molar refractivity (Wildman–Crippen MR) is 73.9 cm³/mol. The highest BCUT2D eigenvalue weighted by Gasteiger charge is 2.15. The van der Waals surface area contributed by atoms with Crippen LogP contribution in [0.1, 0.15) is 15.4 Å². The Bertz CT molecular complexity index is 718. The van der Waals surface area contributed by atoms with E-state index in [2.05, 4.69) is 15.4 Å². The highest BCUT2D eigenvalue weighted by molar-refractivity contribution is 7.99. The SMILES string of the molecule is Cc1cc(-c2nnc(SCC(=O)c3cccs3)o2)no1. The van der Waals surface area contributed by atoms with Crippen LogP contribution in [0.15, 0.2) is 37.7 Å². The molecule has 20 heavy (non-hydrogen) atoms. The fourth-order valence-corrected chi connectivity index (χ4v) is 2.88. The minimum absolute atomic E-state index is 0.0435. The number of Topliss-reactive ketones (excluding diaryl/α,β-unsaturated/α-hetero) is 1. The molecule has 0 atom stereocenters. The van der Waals surface area contributed by atoms with E-state index in [1.807, 2.05) is 11.4 Å². The van der Waals surface area contributed by atoms with Crippen molar-refractivity contribution in [3.8, 4) is 11.6 Å². The Balaban J connectivity index is 1.64. The third-order valence-electron chi connectivity index (χ3n) is 2.38. The maximum atomic E-state index is 11.8. The number of hydrogen-bond acceptors (Lipinski definition) is 8. The average molecular weight is 307 g/mol. The molecule has 0 aromatic carbocycles. The highest BCUT2D eigenvalue weighted by atomic mass is 32.2. The summed E-state index contributed by atoms with van der Waals surface area (Å²) in [7, 11) is 0. The van der Waals surface area contributed by atoms with Crippen molar-refractivity contribution >= 4 is 28.9 Å². The van der Waals surface area contributed by atoms with E-state index in [9.17, 15) is 4.79 Å². The summed E-state index contributed by atoms with van der Waals surface area (Å²) in [4.78, 5) is 12.6. The normalized spacial score (nSPS) is 10.8. The van der Waals surface area contributed by atoms with Crippen LogP contribution in [0.3, 0.4) is 0 Å². The van der Waals surface area contributed by atoms with E-state index in [1.54, 1.807) is 19.1 Å². The molecule has 0 fully saturated rings. The van der Waals surface area contributed by atoms with Crippen LogP contribution in [0, 0.1) is 6.92 Å². The zero-order valence-electron chi connectivity index (χ0n) is 10.4. The van der Waals surface area contributed by atoms with Gasteiger partial charge in [-0.1, -0.05) is 23.0 Å². The van der Waals surface area contributed by atoms with Gasteiger partial charge < -0.3 is 8.94 Å². The summed E-state index contributed by atoms with van der Waals surface area (Å²) in [6, 6.07) is 5.35. The van der Waals surface area contributed by atoms with Gasteiger partial charge in [0.2, 0.25) is 0 Å². The van der Waals surface area contributed by atoms with Crippen LogP contribution in [-0.2, 0) is 0 Å². The van der Waals surface area contributed by atoms with Gasteiger partial charge in [-0.15, -0.1) is 21.5 Å². The van der Waals surface area contributed by atoms with E-state index in [0.29, 0.717) is 16.7 Å². The van der Waals surface area contributed by atoms with Gasteiger partial charge in [-0.2, -0.15) is 0 Å². The van der Waals surface area contributed by atoms with E-state index < -0.39 is 0 Å². The van der Waals surface area contributed by atoms with Crippen LogP contribution in [0.4, 0.5) is 0 Å². The second-order valence-electron chi connectivity index (χ2n) is 3.89. The first-order valence-corrected chi connectivity index (χ1v) is 7.55. The van der Waals surface area contributed by atoms with Gasteiger partial charge in [0.1, 0.15) is 5.76 Å². The number of thioether (sulfide) groups is 1. The summed E-state index contributed by atoms with van der Waals surface area (Å²) >= 11 is 2.63. The number of aromatic nitrogens is 3. The molecule has 0 aliphatic carbocycles. The molecule has 0 bridgehead atoms. The second kappa shape index (κ2) is 5.59. The zero-order chi connectivity index (χ0) is 13.9. The summed E-state index contributed by atoms with van der Waals surface area (Å²) in [5.41, 5.74) is 0.492. The molecule has 3 rings (SSSR count). The maximum absolute atomic E-state index is 11.8. The second-order valence-corrected chi connectivity index (χ2v) is 5.76. The van der Waals surface area contributed by atoms with Crippen molar-refractivity contribution in [2.75, 3.05) is 5.75 Å². The smallest absolute Gasteiger partial charge is 0.277 e. The molecule has 0 spiro atoms. The van der Waals surface area contributed by atoms with Gasteiger partial charge in [0.05, 0.1) is 10.6 Å². The third kappa shape index (κ3) is 2.81. The number of rotatable bonds is 5. The molecule has 6 nitrogen and oxygen atoms in total. The summed E-state index contributed by atoms with van der Waals surface area (Å²) in [6.45, 7) is 1.78. The van der Waals surface area contributed by atoms with E-state index in [0.717, 1.165) is 4.88 Å². The molecular formula is C12H9N3O3S2. The fraction of sp³-hybridized carbons (Fsp3) is 0.167. The van der Waals surface area contributed by atoms with Crippen LogP contribution in [0.2, 0.25) is 0 Å². The van der Waals surface area contributed by atoms with Gasteiger partial charge in [-0.05, 0) is 18.4 Å². The minimum atomic E-state index is 0.0435. The van der Waals surface area contributed by atoms with Gasteiger partial charge in [-0.25, -0.2) is 0 Å². The number of hydrogen-bond donors (Lipinski definition) is 0. The summed E-state index contributed by atoms with van der Waals surface area (Å²) in [5.74, 6) is 1.26. The molecule has 0 saturated heterocycles. The van der Waals surface area contributed by atoms with Gasteiger partial charge >= 0.3 is 0 Å². The van der Waals surface area contributed by atoms with Crippen molar-refractivity contribution in [1.29, 1.82) is 0 Å². The molecule has 8 heteroatoms. The van der Waals surface area contributed by atoms with Gasteiger partial charge in [0.25, 0.3) is 11.1 Å². The van der Waals surface area contributed by atoms with Gasteiger partial charge in [0.15, 0.2) is 11.5 Å². The van der Waals surface area contributed by atoms with Crippen LogP contribution < -0.4 is 0 Å². The Morgan fingerprint density at radius 2 is 2.35 bits per heavy atom. The lowest BCUT2D eigenvalue weighted by atomic mass is 10.4. The average Bonchev–Trinajstić information content (AvgIpc) is 3.16. The minimum Gasteiger partial charge on any atom is -0.409 e. The lowest BCUT2D eigenvalue weighted by Gasteiger charge is -1.93. The van der Waals surface area contributed by atoms with Crippen LogP contribution in [0.5, 0.6) is 0 Å². The first-order valence-electron chi connectivity index (χ1n) is 5.69. The van der Waals surface area contributed by atoms with Gasteiger partial charge in [0, 0.05) is 6.07 Å². The van der Waals surface area contributed by atoms with Crippen molar-refractivity contribution in [2.24, 2.45) is 0 Å². The number of thiophene rings is 1. The highest BCUT2D eigenvalue weighted by Crippen LogP contribution is 2.24. The number of carbonyl (C=O) groups is 1. The largest absolute Gasteiger partial charge is 0.409 e. The van der Waals surface area contributed by atoms with Crippen LogP contribution in [-0.4, -0.2) is 26.9 Å². The Kier molecular flexibility index (Phi) is 3.66. The van der Waals surface area contributed by atoms with E-state index >= 15 is 0 Å². The molecule has 0 N–H and O–H groups in total. The van der Waals surface area contributed by atoms with E-state index in [1.165, 1.54) is 23.1 Å². The molecule has 3 heterocycles. The van der Waals surface area contributed by atoms with Crippen molar-refractivity contribution in [3.63, 3.8) is 0 Å². The number of aryl methyl sites for hydroxylation is 1. The quantitative estimate of drug-likeness (QED) is 0.529. The van der Waals surface area contributed by atoms with Crippen LogP contribution >= 0.6 is 23.1 Å². The fourth-order valence-electron chi connectivity index (χ4n) is 1.47. The van der Waals surface area contributed by atoms with Gasteiger partial charge in [-0.3, -0.25) is 4.79 Å². The Morgan fingerprint density at radius 1 is 1.45 bits per heavy atom.